The van der Waals surface area contributed by atoms with Gasteiger partial charge >= 0.3 is 5.97 Å². The third kappa shape index (κ3) is 3.19. The molecule has 0 radical (unpaired) electrons. The lowest BCUT2D eigenvalue weighted by molar-refractivity contribution is -0.142. The average molecular weight is 317 g/mol. The van der Waals surface area contributed by atoms with Crippen molar-refractivity contribution in [2.45, 2.75) is 25.7 Å². The van der Waals surface area contributed by atoms with E-state index < -0.39 is 11.9 Å². The molecular weight excluding hydrogens is 294 g/mol. The van der Waals surface area contributed by atoms with Crippen LogP contribution in [0.1, 0.15) is 31.2 Å². The van der Waals surface area contributed by atoms with Gasteiger partial charge in [-0.2, -0.15) is 0 Å². The van der Waals surface area contributed by atoms with E-state index in [-0.39, 0.29) is 17.7 Å². The first-order valence-corrected chi connectivity index (χ1v) is 8.16. The number of likely N-dealkylation sites (tertiary alicyclic amines) is 1. The van der Waals surface area contributed by atoms with E-state index in [1.54, 1.807) is 12.0 Å². The van der Waals surface area contributed by atoms with Crippen LogP contribution in [-0.4, -0.2) is 42.1 Å². The van der Waals surface area contributed by atoms with Crippen LogP contribution in [0.3, 0.4) is 0 Å². The van der Waals surface area contributed by atoms with Gasteiger partial charge in [-0.3, -0.25) is 9.59 Å². The molecule has 23 heavy (non-hydrogen) atoms. The Bertz CT molecular complexity index is 594. The minimum absolute atomic E-state index is 0.0181. The predicted octanol–water partition coefficient (Wildman–Crippen LogP) is 2.37. The van der Waals surface area contributed by atoms with E-state index in [1.807, 2.05) is 31.2 Å². The van der Waals surface area contributed by atoms with E-state index in [0.29, 0.717) is 19.0 Å². The molecule has 0 spiro atoms. The Kier molecular flexibility index (Phi) is 4.28. The second-order valence-electron chi connectivity index (χ2n) is 6.68. The number of ether oxygens (including phenoxy) is 1. The van der Waals surface area contributed by atoms with Gasteiger partial charge in [0.2, 0.25) is 5.91 Å². The minimum Gasteiger partial charge on any atom is -0.497 e. The van der Waals surface area contributed by atoms with Gasteiger partial charge in [0.1, 0.15) is 5.75 Å². The molecule has 3 rings (SSSR count). The van der Waals surface area contributed by atoms with Crippen molar-refractivity contribution in [3.05, 3.63) is 29.8 Å². The maximum absolute atomic E-state index is 12.8. The number of hydrogen-bond acceptors (Lipinski definition) is 3. The van der Waals surface area contributed by atoms with Gasteiger partial charge in [0.15, 0.2) is 0 Å². The summed E-state index contributed by atoms with van der Waals surface area (Å²) in [6.45, 7) is 2.81. The number of nitrogens with zero attached hydrogens (tertiary/aromatic N) is 1. The topological polar surface area (TPSA) is 66.8 Å². The third-order valence-electron chi connectivity index (χ3n) is 5.21. The lowest BCUT2D eigenvalue weighted by Gasteiger charge is -2.21. The summed E-state index contributed by atoms with van der Waals surface area (Å²) in [5.74, 6) is -0.0549. The number of rotatable bonds is 5. The van der Waals surface area contributed by atoms with Crippen LogP contribution >= 0.6 is 0 Å². The molecule has 1 aliphatic carbocycles. The molecule has 5 nitrogen and oxygen atoms in total. The Morgan fingerprint density at radius 3 is 2.39 bits per heavy atom. The summed E-state index contributed by atoms with van der Waals surface area (Å²) in [6.07, 6.45) is 2.20. The van der Waals surface area contributed by atoms with Crippen molar-refractivity contribution >= 4 is 11.9 Å². The Hall–Kier alpha value is -2.04. The van der Waals surface area contributed by atoms with Crippen LogP contribution in [-0.2, 0) is 9.59 Å². The molecule has 2 aliphatic rings. The lowest BCUT2D eigenvalue weighted by Crippen LogP contribution is -2.33. The second kappa shape index (κ2) is 6.22. The molecule has 1 N–H and O–H groups in total. The summed E-state index contributed by atoms with van der Waals surface area (Å²) in [7, 11) is 1.61. The molecule has 1 saturated carbocycles. The first-order chi connectivity index (χ1) is 11.0. The molecule has 1 heterocycles. The molecule has 1 saturated heterocycles. The van der Waals surface area contributed by atoms with Gasteiger partial charge in [-0.1, -0.05) is 12.1 Å². The zero-order valence-corrected chi connectivity index (χ0v) is 13.6. The summed E-state index contributed by atoms with van der Waals surface area (Å²) in [4.78, 5) is 26.0. The number of methoxy groups -OCH3 is 1. The number of carboxylic acid groups (broad SMARTS) is 1. The molecule has 2 fully saturated rings. The van der Waals surface area contributed by atoms with Crippen molar-refractivity contribution in [3.8, 4) is 5.75 Å². The highest BCUT2D eigenvalue weighted by atomic mass is 16.5. The molecule has 1 unspecified atom stereocenters. The molecule has 124 valence electrons. The van der Waals surface area contributed by atoms with Crippen LogP contribution in [0.5, 0.6) is 5.75 Å². The molecule has 5 heteroatoms. The van der Waals surface area contributed by atoms with Crippen LogP contribution < -0.4 is 4.74 Å². The molecular formula is C18H23NO4. The van der Waals surface area contributed by atoms with E-state index in [1.165, 1.54) is 0 Å². The first kappa shape index (κ1) is 15.8. The Morgan fingerprint density at radius 1 is 1.22 bits per heavy atom. The minimum atomic E-state index is -0.769. The zero-order chi connectivity index (χ0) is 16.6. The normalized spacial score (nSPS) is 25.2. The smallest absolute Gasteiger partial charge is 0.308 e. The number of carbonyl (C=O) groups excluding carboxylic acids is 1. The van der Waals surface area contributed by atoms with E-state index in [4.69, 9.17) is 4.74 Å². The van der Waals surface area contributed by atoms with E-state index in [9.17, 15) is 14.7 Å². The van der Waals surface area contributed by atoms with Gasteiger partial charge in [-0.15, -0.1) is 0 Å². The van der Waals surface area contributed by atoms with Crippen LogP contribution in [0, 0.1) is 17.8 Å². The molecule has 0 aromatic heterocycles. The number of carboxylic acids is 1. The van der Waals surface area contributed by atoms with Crippen molar-refractivity contribution in [1.29, 1.82) is 0 Å². The zero-order valence-electron chi connectivity index (χ0n) is 13.6. The fraction of sp³-hybridized carbons (Fsp3) is 0.556. The standard InChI is InChI=1S/C18H23NO4/c1-11(12-5-7-14(23-2)8-6-12)17(20)19-9-15(13-3-4-13)16(10-19)18(21)22/h5-8,11,13,15-16H,3-4,9-10H2,1-2H3,(H,21,22)/t11?,15-,16+/m1/s1. The van der Waals surface area contributed by atoms with Crippen molar-refractivity contribution in [2.24, 2.45) is 17.8 Å². The summed E-state index contributed by atoms with van der Waals surface area (Å²) >= 11 is 0. The van der Waals surface area contributed by atoms with E-state index >= 15 is 0 Å². The molecule has 1 aliphatic heterocycles. The highest BCUT2D eigenvalue weighted by Crippen LogP contribution is 2.44. The fourth-order valence-corrected chi connectivity index (χ4v) is 3.58. The quantitative estimate of drug-likeness (QED) is 0.905. The molecule has 3 atom stereocenters. The third-order valence-corrected chi connectivity index (χ3v) is 5.21. The molecule has 0 bridgehead atoms. The van der Waals surface area contributed by atoms with Crippen LogP contribution in [0.25, 0.3) is 0 Å². The number of carbonyl (C=O) groups is 2. The van der Waals surface area contributed by atoms with E-state index in [2.05, 4.69) is 0 Å². The largest absolute Gasteiger partial charge is 0.497 e. The van der Waals surface area contributed by atoms with Crippen LogP contribution in [0.15, 0.2) is 24.3 Å². The highest BCUT2D eigenvalue weighted by Gasteiger charge is 2.47. The van der Waals surface area contributed by atoms with Gasteiger partial charge < -0.3 is 14.7 Å². The monoisotopic (exact) mass is 317 g/mol. The summed E-state index contributed by atoms with van der Waals surface area (Å²) in [5, 5.41) is 9.42. The first-order valence-electron chi connectivity index (χ1n) is 8.16. The molecule has 1 aromatic rings. The molecule has 1 amide bonds. The van der Waals surface area contributed by atoms with Gasteiger partial charge in [-0.25, -0.2) is 0 Å². The van der Waals surface area contributed by atoms with Crippen LogP contribution in [0.4, 0.5) is 0 Å². The van der Waals surface area contributed by atoms with Crippen molar-refractivity contribution < 1.29 is 19.4 Å². The second-order valence-corrected chi connectivity index (χ2v) is 6.68. The Morgan fingerprint density at radius 2 is 1.87 bits per heavy atom. The maximum Gasteiger partial charge on any atom is 0.308 e. The summed E-state index contributed by atoms with van der Waals surface area (Å²) in [6, 6.07) is 7.47. The average Bonchev–Trinajstić information content (AvgIpc) is 3.31. The van der Waals surface area contributed by atoms with E-state index in [0.717, 1.165) is 24.2 Å². The van der Waals surface area contributed by atoms with Crippen LogP contribution in [0.2, 0.25) is 0 Å². The number of benzene rings is 1. The molecule has 1 aromatic carbocycles. The van der Waals surface area contributed by atoms with Gasteiger partial charge in [-0.05, 0) is 49.3 Å². The fourth-order valence-electron chi connectivity index (χ4n) is 3.58. The number of amides is 1. The Labute approximate surface area is 136 Å². The summed E-state index contributed by atoms with van der Waals surface area (Å²) < 4.78 is 5.14. The lowest BCUT2D eigenvalue weighted by atomic mass is 9.92. The summed E-state index contributed by atoms with van der Waals surface area (Å²) in [5.41, 5.74) is 0.928. The van der Waals surface area contributed by atoms with Crippen molar-refractivity contribution in [2.75, 3.05) is 20.2 Å². The number of aliphatic carboxylic acids is 1. The highest BCUT2D eigenvalue weighted by molar-refractivity contribution is 5.84. The Balaban J connectivity index is 1.70. The maximum atomic E-state index is 12.8. The predicted molar refractivity (Wildman–Crippen MR) is 85.3 cm³/mol. The van der Waals surface area contributed by atoms with Gasteiger partial charge in [0, 0.05) is 13.1 Å². The SMILES string of the molecule is COc1ccc(C(C)C(=O)N2C[C@H](C(=O)O)[C@@H](C3CC3)C2)cc1. The van der Waals surface area contributed by atoms with Gasteiger partial charge in [0.05, 0.1) is 18.9 Å². The van der Waals surface area contributed by atoms with Gasteiger partial charge in [0.25, 0.3) is 0 Å². The van der Waals surface area contributed by atoms with Crippen molar-refractivity contribution in [1.82, 2.24) is 4.90 Å². The number of hydrogen-bond donors (Lipinski definition) is 1. The van der Waals surface area contributed by atoms with Crippen molar-refractivity contribution in [3.63, 3.8) is 0 Å².